The molecule has 2 heterocycles. The maximum Gasteiger partial charge on any atom is 0.312 e. The van der Waals surface area contributed by atoms with Crippen LogP contribution in [0.4, 0.5) is 4.79 Å². The predicted octanol–water partition coefficient (Wildman–Crippen LogP) is 2.50. The minimum atomic E-state index is -1.85. The number of carbonyl (C=O) groups is 12. The Morgan fingerprint density at radius 1 is 0.562 bits per heavy atom. The molecule has 20 N–H and O–H groups in total. The summed E-state index contributed by atoms with van der Waals surface area (Å²) in [5.41, 5.74) is 26.4. The van der Waals surface area contributed by atoms with Crippen molar-refractivity contribution in [2.75, 3.05) is 53.5 Å². The molecule has 10 atom stereocenters. The van der Waals surface area contributed by atoms with Crippen LogP contribution in [0.15, 0.2) is 175 Å². The summed E-state index contributed by atoms with van der Waals surface area (Å²) in [5.74, 6) is -8.83. The third-order valence-corrected chi connectivity index (χ3v) is 19.9. The van der Waals surface area contributed by atoms with Gasteiger partial charge in [0.1, 0.15) is 78.5 Å². The van der Waals surface area contributed by atoms with Crippen LogP contribution in [0.1, 0.15) is 106 Å². The number of nitrogens with zero attached hydrogens (tertiary/aromatic N) is 4. The summed E-state index contributed by atoms with van der Waals surface area (Å²) in [4.78, 5) is 178. The van der Waals surface area contributed by atoms with Crippen molar-refractivity contribution in [3.8, 4) is 11.5 Å². The van der Waals surface area contributed by atoms with Gasteiger partial charge in [-0.25, -0.2) is 4.79 Å². The van der Waals surface area contributed by atoms with Crippen molar-refractivity contribution in [1.29, 1.82) is 0 Å². The van der Waals surface area contributed by atoms with Crippen LogP contribution < -0.4 is 80.8 Å². The highest BCUT2D eigenvalue weighted by Gasteiger charge is 2.41. The van der Waals surface area contributed by atoms with Crippen molar-refractivity contribution < 1.29 is 72.5 Å². The molecule has 1 saturated heterocycles. The van der Waals surface area contributed by atoms with E-state index >= 15 is 0 Å². The van der Waals surface area contributed by atoms with Crippen molar-refractivity contribution in [2.45, 2.75) is 165 Å². The van der Waals surface area contributed by atoms with Gasteiger partial charge in [-0.1, -0.05) is 147 Å². The highest BCUT2D eigenvalue weighted by Crippen LogP contribution is 2.25. The van der Waals surface area contributed by atoms with Crippen LogP contribution in [0.25, 0.3) is 10.8 Å². The molecule has 1 aromatic heterocycles. The second-order valence-corrected chi connectivity index (χ2v) is 30.7. The van der Waals surface area contributed by atoms with Crippen molar-refractivity contribution in [2.24, 2.45) is 33.8 Å². The number of urea groups is 1. The fourth-order valence-corrected chi connectivity index (χ4v) is 13.5. The number of phenols is 1. The molecule has 0 aliphatic carbocycles. The number of aliphatic hydroxyl groups excluding tert-OH is 1. The summed E-state index contributed by atoms with van der Waals surface area (Å²) in [6.45, 7) is 6.80. The minimum absolute atomic E-state index is 0.000209. The van der Waals surface area contributed by atoms with Gasteiger partial charge in [-0.3, -0.25) is 62.7 Å². The number of likely N-dealkylation sites (N-methyl/N-ethyl adjacent to an activating group) is 1. The molecular formula is C87H113ClN18O15. The van der Waals surface area contributed by atoms with Crippen LogP contribution in [0, 0.1) is 5.92 Å². The number of rotatable bonds is 44. The summed E-state index contributed by atoms with van der Waals surface area (Å²) in [7, 11) is 4.11. The zero-order chi connectivity index (χ0) is 88.1. The van der Waals surface area contributed by atoms with Crippen LogP contribution in [0.2, 0.25) is 5.02 Å². The second kappa shape index (κ2) is 49.0. The van der Waals surface area contributed by atoms with E-state index in [0.29, 0.717) is 33.7 Å². The summed E-state index contributed by atoms with van der Waals surface area (Å²) in [6, 6.07) is 32.2. The molecule has 0 bridgehead atoms. The van der Waals surface area contributed by atoms with E-state index in [1.165, 1.54) is 66.5 Å². The van der Waals surface area contributed by atoms with E-state index in [4.69, 9.17) is 39.3 Å². The summed E-state index contributed by atoms with van der Waals surface area (Å²) >= 11 is 6.23. The standard InChI is InChI=1S/C70H92ClN17O14.C17H21NO/c1-39(2)31-52(61(94)82-51(15-9-28-77-69(73)74)68(101)88-30-10-16-58(88)67(100)79-40(3)59(72)92)83-60(93)50(14-8-29-78-70(75)102)81-63(96)54(34-43-20-25-49(91)26-21-43)86-66(99)57(38-89)87-65(98)56(36-45-11-7-27-76-37-45)85-64(97)55(33-42-18-23-48(71)24-19-42)84-62(95)53(80-41(4)90)35-44-17-22-46-12-5-6-13-47(46)32-44;1-18(2)12-13-19-17-11-7-6-10-16(17)14-15-8-4-3-5-9-15/h5-7,11-13,17-27,32,37,39-40,50-58,89,91H,8-10,14-16,28-31,33-36,38H2,1-4H3,(H2,72,92)(H,79,100)(H,80,90)(H,81,96)(H,82,94)(H,83,93)(H,84,95)(H,85,97)(H,86,99)(H,87,98)(H4,73,74,77)(H3,75,78,102);3-11H,12-14H2,1-2H3/t40-,50-,51+,52+,53-,54+,55-,56-,57+,58+;/m1./s1. The molecular weight excluding hydrogens is 1570 g/mol. The van der Waals surface area contributed by atoms with Crippen molar-refractivity contribution in [3.63, 3.8) is 0 Å². The number of fused-ring (bicyclic) bond motifs is 1. The number of primary amides is 2. The van der Waals surface area contributed by atoms with Gasteiger partial charge in [0.15, 0.2) is 5.96 Å². The molecule has 6 aromatic carbocycles. The van der Waals surface area contributed by atoms with Crippen molar-refractivity contribution in [1.82, 2.24) is 68.0 Å². The topological polar surface area (TPSA) is 511 Å². The normalized spacial score (nSPS) is 14.5. The average Bonchev–Trinajstić information content (AvgIpc) is 1.77. The first-order chi connectivity index (χ1) is 57.8. The van der Waals surface area contributed by atoms with Crippen LogP contribution >= 0.6 is 11.6 Å². The van der Waals surface area contributed by atoms with E-state index in [9.17, 15) is 67.7 Å². The van der Waals surface area contributed by atoms with E-state index in [2.05, 4.69) is 119 Å². The van der Waals surface area contributed by atoms with E-state index in [0.717, 1.165) is 36.1 Å². The van der Waals surface area contributed by atoms with Gasteiger partial charge in [0.2, 0.25) is 65.0 Å². The Morgan fingerprint density at radius 2 is 1.07 bits per heavy atom. The van der Waals surface area contributed by atoms with Gasteiger partial charge in [0.25, 0.3) is 0 Å². The lowest BCUT2D eigenvalue weighted by atomic mass is 9.99. The molecule has 33 nitrogen and oxygen atoms in total. The molecule has 0 spiro atoms. The maximum absolute atomic E-state index is 14.9. The Labute approximate surface area is 708 Å². The number of amides is 13. The van der Waals surface area contributed by atoms with E-state index in [-0.39, 0.29) is 101 Å². The monoisotopic (exact) mass is 1680 g/mol. The molecule has 13 amide bonds. The first kappa shape index (κ1) is 95.4. The van der Waals surface area contributed by atoms with Crippen LogP contribution in [-0.4, -0.2) is 216 Å². The fraction of sp³-hybridized carbons (Fsp3) is 0.402. The third kappa shape index (κ3) is 32.8. The summed E-state index contributed by atoms with van der Waals surface area (Å²) in [5, 5.41) is 49.5. The van der Waals surface area contributed by atoms with E-state index in [1.807, 2.05) is 60.7 Å². The molecule has 0 saturated carbocycles. The van der Waals surface area contributed by atoms with Gasteiger partial charge in [-0.05, 0) is 152 Å². The number of aliphatic hydroxyl groups is 1. The molecule has 0 unspecified atom stereocenters. The Hall–Kier alpha value is -12.8. The zero-order valence-corrected chi connectivity index (χ0v) is 69.7. The van der Waals surface area contributed by atoms with Gasteiger partial charge >= 0.3 is 6.03 Å². The number of benzene rings is 6. The lowest BCUT2D eigenvalue weighted by Crippen LogP contribution is -2.61. The minimum Gasteiger partial charge on any atom is -0.508 e. The number of halogens is 1. The largest absolute Gasteiger partial charge is 0.508 e. The smallest absolute Gasteiger partial charge is 0.312 e. The number of nitrogens with two attached hydrogens (primary N) is 4. The molecule has 1 aliphatic heterocycles. The molecule has 1 aliphatic rings. The molecule has 648 valence electrons. The van der Waals surface area contributed by atoms with Crippen LogP contribution in [-0.2, 0) is 84.8 Å². The van der Waals surface area contributed by atoms with Gasteiger partial charge in [-0.15, -0.1) is 0 Å². The number of likely N-dealkylation sites (tertiary alicyclic amines) is 1. The van der Waals surface area contributed by atoms with Gasteiger partial charge in [-0.2, -0.15) is 0 Å². The van der Waals surface area contributed by atoms with E-state index in [1.54, 1.807) is 50.2 Å². The number of aromatic hydroxyl groups is 1. The van der Waals surface area contributed by atoms with Crippen molar-refractivity contribution in [3.05, 3.63) is 209 Å². The zero-order valence-electron chi connectivity index (χ0n) is 68.9. The van der Waals surface area contributed by atoms with Gasteiger partial charge in [0.05, 0.1) is 6.61 Å². The SMILES string of the molecule is CC(=O)N[C@H](Cc1ccc2ccccc2c1)C(=O)N[C@H](Cc1ccc(Cl)cc1)C(=O)N[C@H](Cc1cccnc1)C(=O)N[C@@H](CO)C(=O)N[C@@H](Cc1ccc(O)cc1)C(=O)N[C@H](CCCNC(N)=O)C(=O)N[C@@H](CC(C)C)C(=O)N[C@@H](CCCN=C(N)N)C(=O)N1CCC[C@H]1C(=O)N[C@H](C)C(N)=O.CN(C)CCOc1ccccc1Cc1ccccc1. The quantitative estimate of drug-likeness (QED) is 0.0148. The number of pyridine rings is 1. The summed E-state index contributed by atoms with van der Waals surface area (Å²) in [6.07, 6.45) is 3.62. The maximum atomic E-state index is 14.9. The predicted molar refractivity (Wildman–Crippen MR) is 458 cm³/mol. The highest BCUT2D eigenvalue weighted by molar-refractivity contribution is 6.30. The lowest BCUT2D eigenvalue weighted by molar-refractivity contribution is -0.142. The van der Waals surface area contributed by atoms with Crippen LogP contribution in [0.5, 0.6) is 11.5 Å². The number of carbonyl (C=O) groups excluding carboxylic acids is 12. The highest BCUT2D eigenvalue weighted by atomic mass is 35.5. The Bertz CT molecular complexity index is 4640. The number of aliphatic imine (C=N–C) groups is 1. The lowest BCUT2D eigenvalue weighted by Gasteiger charge is -2.31. The number of phenolic OH excluding ortho intramolecular Hbond substituents is 1. The average molecular weight is 1690 g/mol. The number of ether oxygens (including phenoxy) is 1. The molecule has 7 aromatic rings. The summed E-state index contributed by atoms with van der Waals surface area (Å²) < 4.78 is 5.88. The Balaban J connectivity index is 0.000000925. The van der Waals surface area contributed by atoms with Gasteiger partial charge in [0, 0.05) is 82.6 Å². The van der Waals surface area contributed by atoms with Crippen LogP contribution in [0.3, 0.4) is 0 Å². The number of nitrogens with one attached hydrogen (secondary N) is 10. The first-order valence-electron chi connectivity index (χ1n) is 40.1. The third-order valence-electron chi connectivity index (χ3n) is 19.7. The fourth-order valence-electron chi connectivity index (χ4n) is 13.3. The number of para-hydroxylation sites is 1. The number of guanidine groups is 1. The first-order valence-corrected chi connectivity index (χ1v) is 40.5. The Morgan fingerprint density at radius 3 is 1.66 bits per heavy atom. The number of hydrogen-bond acceptors (Lipinski definition) is 18. The number of hydrogen-bond donors (Lipinski definition) is 16. The molecule has 1 fully saturated rings. The molecule has 34 heteroatoms. The molecule has 8 rings (SSSR count). The molecule has 121 heavy (non-hydrogen) atoms. The number of aromatic nitrogens is 1. The van der Waals surface area contributed by atoms with Gasteiger partial charge < -0.3 is 101 Å². The molecule has 0 radical (unpaired) electrons. The Kier molecular flexibility index (Phi) is 38.6. The second-order valence-electron chi connectivity index (χ2n) is 30.3. The van der Waals surface area contributed by atoms with Crippen molar-refractivity contribution >= 4 is 99.3 Å². The van der Waals surface area contributed by atoms with E-state index < -0.39 is 138 Å².